The van der Waals surface area contributed by atoms with Gasteiger partial charge >= 0.3 is 17.9 Å². The van der Waals surface area contributed by atoms with Crippen LogP contribution in [0, 0.1) is 0 Å². The van der Waals surface area contributed by atoms with Crippen molar-refractivity contribution < 1.29 is 43.2 Å². The lowest BCUT2D eigenvalue weighted by atomic mass is 9.96. The molecule has 0 unspecified atom stereocenters. The summed E-state index contributed by atoms with van der Waals surface area (Å²) in [6.45, 7) is 4.28. The SMILES string of the molecule is CC(=O)N[C@@H]1[C@H](OC(C)=O)[C@@H](OC(C)=O)[C@@H](COC(C)=O)O[C@H]1O. The monoisotopic (exact) mass is 347 g/mol. The minimum Gasteiger partial charge on any atom is -0.463 e. The Balaban J connectivity index is 3.11. The van der Waals surface area contributed by atoms with E-state index in [0.29, 0.717) is 0 Å². The van der Waals surface area contributed by atoms with Crippen molar-refractivity contribution >= 4 is 23.8 Å². The number of ether oxygens (including phenoxy) is 4. The molecule has 1 aliphatic rings. The molecule has 1 rings (SSSR count). The van der Waals surface area contributed by atoms with Crippen molar-refractivity contribution in [1.82, 2.24) is 5.32 Å². The van der Waals surface area contributed by atoms with E-state index in [2.05, 4.69) is 5.32 Å². The topological polar surface area (TPSA) is 137 Å². The molecule has 1 aliphatic heterocycles. The molecule has 0 saturated carbocycles. The Bertz CT molecular complexity index is 506. The predicted molar refractivity (Wildman–Crippen MR) is 76.2 cm³/mol. The van der Waals surface area contributed by atoms with Crippen molar-refractivity contribution in [2.75, 3.05) is 6.61 Å². The van der Waals surface area contributed by atoms with Crippen LogP contribution in [0.5, 0.6) is 0 Å². The van der Waals surface area contributed by atoms with E-state index in [1.807, 2.05) is 0 Å². The highest BCUT2D eigenvalue weighted by Gasteiger charge is 2.50. The molecule has 136 valence electrons. The third-order valence-corrected chi connectivity index (χ3v) is 3.09. The Kier molecular flexibility index (Phi) is 7.11. The summed E-state index contributed by atoms with van der Waals surface area (Å²) in [7, 11) is 0. The van der Waals surface area contributed by atoms with Gasteiger partial charge in [0.1, 0.15) is 18.8 Å². The maximum Gasteiger partial charge on any atom is 0.303 e. The van der Waals surface area contributed by atoms with Crippen LogP contribution in [0.3, 0.4) is 0 Å². The lowest BCUT2D eigenvalue weighted by Crippen LogP contribution is -2.66. The van der Waals surface area contributed by atoms with Crippen LogP contribution >= 0.6 is 0 Å². The van der Waals surface area contributed by atoms with Gasteiger partial charge in [0, 0.05) is 27.7 Å². The zero-order chi connectivity index (χ0) is 18.4. The number of hydrogen-bond acceptors (Lipinski definition) is 9. The molecule has 1 amide bonds. The third-order valence-electron chi connectivity index (χ3n) is 3.09. The average Bonchev–Trinajstić information content (AvgIpc) is 2.42. The molecular weight excluding hydrogens is 326 g/mol. The van der Waals surface area contributed by atoms with Gasteiger partial charge in [-0.1, -0.05) is 0 Å². The molecule has 1 saturated heterocycles. The van der Waals surface area contributed by atoms with E-state index in [1.54, 1.807) is 0 Å². The van der Waals surface area contributed by atoms with Crippen molar-refractivity contribution in [2.45, 2.75) is 58.3 Å². The van der Waals surface area contributed by atoms with Crippen LogP contribution in [0.15, 0.2) is 0 Å². The number of aliphatic hydroxyl groups excluding tert-OH is 1. The molecule has 0 radical (unpaired) electrons. The van der Waals surface area contributed by atoms with E-state index in [0.717, 1.165) is 13.8 Å². The molecule has 24 heavy (non-hydrogen) atoms. The second-order valence-electron chi connectivity index (χ2n) is 5.24. The van der Waals surface area contributed by atoms with Crippen LogP contribution in [0.25, 0.3) is 0 Å². The van der Waals surface area contributed by atoms with Crippen molar-refractivity contribution in [1.29, 1.82) is 0 Å². The van der Waals surface area contributed by atoms with Crippen LogP contribution in [0.4, 0.5) is 0 Å². The van der Waals surface area contributed by atoms with Crippen molar-refractivity contribution in [3.8, 4) is 0 Å². The minimum absolute atomic E-state index is 0.338. The van der Waals surface area contributed by atoms with E-state index in [9.17, 15) is 24.3 Å². The van der Waals surface area contributed by atoms with Gasteiger partial charge in [0.25, 0.3) is 0 Å². The van der Waals surface area contributed by atoms with Gasteiger partial charge in [-0.05, 0) is 0 Å². The van der Waals surface area contributed by atoms with Crippen LogP contribution in [-0.4, -0.2) is 66.2 Å². The van der Waals surface area contributed by atoms with E-state index in [4.69, 9.17) is 18.9 Å². The predicted octanol–water partition coefficient (Wildman–Crippen LogP) is -1.37. The Hall–Kier alpha value is -2.20. The fourth-order valence-corrected chi connectivity index (χ4v) is 2.31. The Morgan fingerprint density at radius 1 is 0.958 bits per heavy atom. The first-order valence-corrected chi connectivity index (χ1v) is 7.20. The number of carbonyl (C=O) groups is 4. The summed E-state index contributed by atoms with van der Waals surface area (Å²) in [5.74, 6) is -2.54. The van der Waals surface area contributed by atoms with Gasteiger partial charge in [-0.3, -0.25) is 19.2 Å². The zero-order valence-electron chi connectivity index (χ0n) is 13.8. The maximum atomic E-state index is 11.4. The quantitative estimate of drug-likeness (QED) is 0.456. The standard InChI is InChI=1S/C14H21NO9/c1-6(16)15-11-13(23-9(4)19)12(22-8(3)18)10(24-14(11)20)5-21-7(2)17/h10-14,20H,5H2,1-4H3,(H,15,16)/t10-,11-,12+,13+,14-/m1/s1. The van der Waals surface area contributed by atoms with E-state index in [1.165, 1.54) is 13.8 Å². The largest absolute Gasteiger partial charge is 0.463 e. The molecular formula is C14H21NO9. The molecule has 5 atom stereocenters. The molecule has 0 aromatic carbocycles. The fraction of sp³-hybridized carbons (Fsp3) is 0.714. The van der Waals surface area contributed by atoms with Gasteiger partial charge < -0.3 is 29.4 Å². The first-order valence-electron chi connectivity index (χ1n) is 7.20. The zero-order valence-corrected chi connectivity index (χ0v) is 13.8. The van der Waals surface area contributed by atoms with Gasteiger partial charge in [0.05, 0.1) is 0 Å². The summed E-state index contributed by atoms with van der Waals surface area (Å²) < 4.78 is 20.3. The van der Waals surface area contributed by atoms with Gasteiger partial charge in [0.2, 0.25) is 5.91 Å². The highest BCUT2D eigenvalue weighted by molar-refractivity contribution is 5.73. The van der Waals surface area contributed by atoms with E-state index >= 15 is 0 Å². The summed E-state index contributed by atoms with van der Waals surface area (Å²) in [5.41, 5.74) is 0. The van der Waals surface area contributed by atoms with Gasteiger partial charge in [0.15, 0.2) is 18.5 Å². The summed E-state index contributed by atoms with van der Waals surface area (Å²) in [4.78, 5) is 45.0. The molecule has 1 fully saturated rings. The number of aliphatic hydroxyl groups is 1. The smallest absolute Gasteiger partial charge is 0.303 e. The van der Waals surface area contributed by atoms with Crippen LogP contribution in [-0.2, 0) is 38.1 Å². The highest BCUT2D eigenvalue weighted by atomic mass is 16.7. The lowest BCUT2D eigenvalue weighted by molar-refractivity contribution is -0.264. The summed E-state index contributed by atoms with van der Waals surface area (Å²) in [6.07, 6.45) is -5.06. The number of amides is 1. The van der Waals surface area contributed by atoms with Crippen LogP contribution < -0.4 is 5.32 Å². The summed E-state index contributed by atoms with van der Waals surface area (Å²) in [5, 5.41) is 12.5. The van der Waals surface area contributed by atoms with Gasteiger partial charge in [-0.25, -0.2) is 0 Å². The Morgan fingerprint density at radius 2 is 1.50 bits per heavy atom. The summed E-state index contributed by atoms with van der Waals surface area (Å²) in [6, 6.07) is -1.16. The Morgan fingerprint density at radius 3 is 1.96 bits per heavy atom. The number of nitrogens with one attached hydrogen (secondary N) is 1. The molecule has 0 aromatic rings. The normalized spacial score (nSPS) is 29.3. The third kappa shape index (κ3) is 5.78. The molecule has 0 bridgehead atoms. The maximum absolute atomic E-state index is 11.4. The van der Waals surface area contributed by atoms with E-state index < -0.39 is 54.5 Å². The van der Waals surface area contributed by atoms with Crippen molar-refractivity contribution in [3.05, 3.63) is 0 Å². The Labute approximate surface area is 138 Å². The second kappa shape index (κ2) is 8.60. The molecule has 0 aromatic heterocycles. The number of esters is 3. The van der Waals surface area contributed by atoms with Crippen molar-refractivity contribution in [2.24, 2.45) is 0 Å². The van der Waals surface area contributed by atoms with Gasteiger partial charge in [-0.2, -0.15) is 0 Å². The number of carbonyl (C=O) groups excluding carboxylic acids is 4. The number of hydrogen-bond donors (Lipinski definition) is 2. The first kappa shape index (κ1) is 19.8. The highest BCUT2D eigenvalue weighted by Crippen LogP contribution is 2.26. The molecule has 0 aliphatic carbocycles. The molecule has 10 nitrogen and oxygen atoms in total. The van der Waals surface area contributed by atoms with Crippen molar-refractivity contribution in [3.63, 3.8) is 0 Å². The second-order valence-corrected chi connectivity index (χ2v) is 5.24. The summed E-state index contributed by atoms with van der Waals surface area (Å²) >= 11 is 0. The first-order chi connectivity index (χ1) is 11.1. The fourth-order valence-electron chi connectivity index (χ4n) is 2.31. The van der Waals surface area contributed by atoms with Crippen LogP contribution in [0.1, 0.15) is 27.7 Å². The van der Waals surface area contributed by atoms with Crippen LogP contribution in [0.2, 0.25) is 0 Å². The minimum atomic E-state index is -1.56. The molecule has 10 heteroatoms. The van der Waals surface area contributed by atoms with Gasteiger partial charge in [-0.15, -0.1) is 0 Å². The number of rotatable bonds is 5. The molecule has 1 heterocycles. The van der Waals surface area contributed by atoms with E-state index in [-0.39, 0.29) is 6.61 Å². The molecule has 0 spiro atoms. The molecule has 2 N–H and O–H groups in total. The lowest BCUT2D eigenvalue weighted by Gasteiger charge is -2.43. The average molecular weight is 347 g/mol.